The number of carbonyl (C=O) groups is 2. The van der Waals surface area contributed by atoms with Crippen LogP contribution in [-0.2, 0) is 11.3 Å². The van der Waals surface area contributed by atoms with E-state index in [1.165, 1.54) is 37.9 Å². The van der Waals surface area contributed by atoms with Gasteiger partial charge in [0.2, 0.25) is 0 Å². The normalized spacial score (nSPS) is 18.7. The molecular weight excluding hydrogens is 418 g/mol. The number of likely N-dealkylation sites (tertiary alicyclic amines) is 1. The second kappa shape index (κ2) is 8.29. The van der Waals surface area contributed by atoms with Crippen molar-refractivity contribution in [2.24, 2.45) is 0 Å². The van der Waals surface area contributed by atoms with E-state index in [2.05, 4.69) is 43.6 Å². The van der Waals surface area contributed by atoms with E-state index >= 15 is 0 Å². The van der Waals surface area contributed by atoms with Crippen LogP contribution in [0.4, 0.5) is 5.69 Å². The van der Waals surface area contributed by atoms with Crippen molar-refractivity contribution < 1.29 is 9.59 Å². The molecule has 28 heavy (non-hydrogen) atoms. The number of benzene rings is 2. The van der Waals surface area contributed by atoms with Crippen LogP contribution in [0.1, 0.15) is 40.7 Å². The molecule has 1 saturated heterocycles. The van der Waals surface area contributed by atoms with E-state index in [-0.39, 0.29) is 5.91 Å². The maximum absolute atomic E-state index is 12.3. The van der Waals surface area contributed by atoms with Gasteiger partial charge in [0.25, 0.3) is 11.8 Å². The molecule has 144 valence electrons. The van der Waals surface area contributed by atoms with Crippen molar-refractivity contribution >= 4 is 39.0 Å². The van der Waals surface area contributed by atoms with Crippen LogP contribution in [0.15, 0.2) is 53.1 Å². The Morgan fingerprint density at radius 3 is 2.46 bits per heavy atom. The highest BCUT2D eigenvalue weighted by Gasteiger charge is 2.27. The lowest BCUT2D eigenvalue weighted by Crippen LogP contribution is -2.36. The van der Waals surface area contributed by atoms with E-state index in [1.807, 2.05) is 18.2 Å². The van der Waals surface area contributed by atoms with Gasteiger partial charge in [-0.05, 0) is 55.8 Å². The van der Waals surface area contributed by atoms with Crippen molar-refractivity contribution in [1.29, 1.82) is 0 Å². The average Bonchev–Trinajstić information content (AvgIpc) is 2.70. The number of rotatable bonds is 4. The molecule has 5 nitrogen and oxygen atoms in total. The van der Waals surface area contributed by atoms with E-state index in [9.17, 15) is 9.59 Å². The van der Waals surface area contributed by atoms with Crippen molar-refractivity contribution in [1.82, 2.24) is 10.2 Å². The van der Waals surface area contributed by atoms with Gasteiger partial charge in [-0.1, -0.05) is 40.5 Å². The Morgan fingerprint density at radius 2 is 1.71 bits per heavy atom. The highest BCUT2D eigenvalue weighted by molar-refractivity contribution is 9.10. The summed E-state index contributed by atoms with van der Waals surface area (Å²) in [4.78, 5) is 26.8. The SMILES string of the molecule is O=C1NC(=O)c2cc(Br)ccc2C1=CNc1ccc(CN2CCCCC2)cc1. The molecule has 0 spiro atoms. The maximum atomic E-state index is 12.3. The second-order valence-electron chi connectivity index (χ2n) is 7.21. The lowest BCUT2D eigenvalue weighted by atomic mass is 9.95. The van der Waals surface area contributed by atoms with Gasteiger partial charge in [-0.3, -0.25) is 19.8 Å². The molecule has 0 bridgehead atoms. The number of amides is 2. The van der Waals surface area contributed by atoms with Crippen LogP contribution in [0.2, 0.25) is 0 Å². The van der Waals surface area contributed by atoms with Crippen molar-refractivity contribution in [2.45, 2.75) is 25.8 Å². The summed E-state index contributed by atoms with van der Waals surface area (Å²) in [5.41, 5.74) is 3.75. The highest BCUT2D eigenvalue weighted by atomic mass is 79.9. The summed E-state index contributed by atoms with van der Waals surface area (Å²) in [5.74, 6) is -0.769. The third-order valence-corrected chi connectivity index (χ3v) is 5.67. The molecule has 0 aliphatic carbocycles. The van der Waals surface area contributed by atoms with Crippen LogP contribution in [0, 0.1) is 0 Å². The molecule has 2 heterocycles. The summed E-state index contributed by atoms with van der Waals surface area (Å²) in [5, 5.41) is 5.58. The van der Waals surface area contributed by atoms with Gasteiger partial charge in [-0.2, -0.15) is 0 Å². The van der Waals surface area contributed by atoms with E-state index < -0.39 is 5.91 Å². The Hall–Kier alpha value is -2.44. The molecule has 6 heteroatoms. The van der Waals surface area contributed by atoms with Gasteiger partial charge in [0, 0.05) is 34.0 Å². The Labute approximate surface area is 172 Å². The van der Waals surface area contributed by atoms with Crippen LogP contribution >= 0.6 is 15.9 Å². The molecule has 2 aliphatic heterocycles. The van der Waals surface area contributed by atoms with Gasteiger partial charge in [-0.15, -0.1) is 0 Å². The fraction of sp³-hybridized carbons (Fsp3) is 0.273. The molecule has 2 N–H and O–H groups in total. The second-order valence-corrected chi connectivity index (χ2v) is 8.12. The van der Waals surface area contributed by atoms with Crippen LogP contribution in [0.25, 0.3) is 5.57 Å². The van der Waals surface area contributed by atoms with Gasteiger partial charge < -0.3 is 5.32 Å². The molecule has 1 fully saturated rings. The number of piperidine rings is 1. The van der Waals surface area contributed by atoms with E-state index in [0.717, 1.165) is 16.7 Å². The molecule has 4 rings (SSSR count). The molecule has 0 aromatic heterocycles. The van der Waals surface area contributed by atoms with Crippen molar-refractivity contribution in [2.75, 3.05) is 18.4 Å². The van der Waals surface area contributed by atoms with Gasteiger partial charge in [0.1, 0.15) is 0 Å². The van der Waals surface area contributed by atoms with Crippen molar-refractivity contribution in [3.8, 4) is 0 Å². The molecule has 0 atom stereocenters. The molecule has 0 radical (unpaired) electrons. The molecule has 0 unspecified atom stereocenters. The average molecular weight is 440 g/mol. The van der Waals surface area contributed by atoms with Gasteiger partial charge in [0.15, 0.2) is 0 Å². The monoisotopic (exact) mass is 439 g/mol. The van der Waals surface area contributed by atoms with Crippen LogP contribution in [0.3, 0.4) is 0 Å². The number of hydrogen-bond acceptors (Lipinski definition) is 4. The molecule has 2 aromatic rings. The summed E-state index contributed by atoms with van der Waals surface area (Å²) in [6.07, 6.45) is 5.58. The molecule has 2 aromatic carbocycles. The summed E-state index contributed by atoms with van der Waals surface area (Å²) >= 11 is 3.37. The van der Waals surface area contributed by atoms with Gasteiger partial charge >= 0.3 is 0 Å². The Kier molecular flexibility index (Phi) is 5.59. The third-order valence-electron chi connectivity index (χ3n) is 5.18. The largest absolute Gasteiger partial charge is 0.361 e. The summed E-state index contributed by atoms with van der Waals surface area (Å²) in [7, 11) is 0. The molecular formula is C22H22BrN3O2. The smallest absolute Gasteiger partial charge is 0.260 e. The lowest BCUT2D eigenvalue weighted by Gasteiger charge is -2.26. The molecule has 2 aliphatic rings. The van der Waals surface area contributed by atoms with Gasteiger partial charge in [-0.25, -0.2) is 0 Å². The zero-order valence-electron chi connectivity index (χ0n) is 15.5. The molecule has 2 amide bonds. The van der Waals surface area contributed by atoms with Crippen LogP contribution < -0.4 is 10.6 Å². The minimum Gasteiger partial charge on any atom is -0.361 e. The quantitative estimate of drug-likeness (QED) is 0.554. The maximum Gasteiger partial charge on any atom is 0.260 e. The first kappa shape index (κ1) is 18.9. The van der Waals surface area contributed by atoms with Crippen LogP contribution in [0.5, 0.6) is 0 Å². The first-order valence-electron chi connectivity index (χ1n) is 9.54. The Morgan fingerprint density at radius 1 is 0.964 bits per heavy atom. The zero-order chi connectivity index (χ0) is 19.5. The summed E-state index contributed by atoms with van der Waals surface area (Å²) in [6, 6.07) is 13.6. The predicted octanol–water partition coefficient (Wildman–Crippen LogP) is 4.16. The zero-order valence-corrected chi connectivity index (χ0v) is 17.1. The Balaban J connectivity index is 1.48. The molecule has 0 saturated carbocycles. The number of carbonyl (C=O) groups excluding carboxylic acids is 2. The van der Waals surface area contributed by atoms with Crippen LogP contribution in [-0.4, -0.2) is 29.8 Å². The minimum atomic E-state index is -0.394. The van der Waals surface area contributed by atoms with E-state index in [0.29, 0.717) is 16.7 Å². The fourth-order valence-corrected chi connectivity index (χ4v) is 4.04. The third kappa shape index (κ3) is 4.18. The Bertz CT molecular complexity index is 931. The number of fused-ring (bicyclic) bond motifs is 1. The number of halogens is 1. The number of nitrogens with one attached hydrogen (secondary N) is 2. The first-order chi connectivity index (χ1) is 13.6. The number of hydrogen-bond donors (Lipinski definition) is 2. The summed E-state index contributed by atoms with van der Waals surface area (Å²) in [6.45, 7) is 3.33. The topological polar surface area (TPSA) is 61.4 Å². The van der Waals surface area contributed by atoms with Crippen molar-refractivity contribution in [3.05, 3.63) is 69.8 Å². The van der Waals surface area contributed by atoms with E-state index in [4.69, 9.17) is 0 Å². The standard InChI is InChI=1S/C22H22BrN3O2/c23-16-6-9-18-19(12-16)21(27)25-22(28)20(18)13-24-17-7-4-15(5-8-17)14-26-10-2-1-3-11-26/h4-9,12-13,24H,1-3,10-11,14H2,(H,25,27,28). The number of imide groups is 1. The van der Waals surface area contributed by atoms with E-state index in [1.54, 1.807) is 18.3 Å². The number of anilines is 1. The lowest BCUT2D eigenvalue weighted by molar-refractivity contribution is -0.114. The fourth-order valence-electron chi connectivity index (χ4n) is 3.68. The van der Waals surface area contributed by atoms with Gasteiger partial charge in [0.05, 0.1) is 5.57 Å². The predicted molar refractivity (Wildman–Crippen MR) is 114 cm³/mol. The first-order valence-corrected chi connectivity index (χ1v) is 10.3. The summed E-state index contributed by atoms with van der Waals surface area (Å²) < 4.78 is 0.798. The highest BCUT2D eigenvalue weighted by Crippen LogP contribution is 2.27. The minimum absolute atomic E-state index is 0.375. The van der Waals surface area contributed by atoms with Crippen molar-refractivity contribution in [3.63, 3.8) is 0 Å². The number of nitrogens with zero attached hydrogens (tertiary/aromatic N) is 1.